The van der Waals surface area contributed by atoms with Crippen molar-refractivity contribution in [2.24, 2.45) is 0 Å². The fourth-order valence-electron chi connectivity index (χ4n) is 4.34. The number of anilines is 2. The molecule has 2 heterocycles. The Labute approximate surface area is 176 Å². The first-order valence-electron chi connectivity index (χ1n) is 9.94. The molecule has 1 atom stereocenters. The largest absolute Gasteiger partial charge is 0.358 e. The molecule has 0 aromatic heterocycles. The molecule has 1 spiro atoms. The first kappa shape index (κ1) is 19.9. The van der Waals surface area contributed by atoms with Gasteiger partial charge >= 0.3 is 0 Å². The summed E-state index contributed by atoms with van der Waals surface area (Å²) in [4.78, 5) is 42.5. The summed E-state index contributed by atoms with van der Waals surface area (Å²) in [6.45, 7) is 6.22. The van der Waals surface area contributed by atoms with Gasteiger partial charge < -0.3 is 20.4 Å². The van der Waals surface area contributed by atoms with Gasteiger partial charge in [0.15, 0.2) is 0 Å². The van der Waals surface area contributed by atoms with Crippen molar-refractivity contribution >= 4 is 29.1 Å². The molecule has 4 rings (SSSR count). The SMILES string of the molecule is CNC(=O)CN1c2ccccc2C(=O)N(C)[C@@]12C(=O)Nc1ccc(C(C)(C)C)cc12. The van der Waals surface area contributed by atoms with Gasteiger partial charge in [-0.2, -0.15) is 0 Å². The van der Waals surface area contributed by atoms with Crippen LogP contribution in [0.5, 0.6) is 0 Å². The Morgan fingerprint density at radius 2 is 1.83 bits per heavy atom. The lowest BCUT2D eigenvalue weighted by atomic mass is 9.83. The van der Waals surface area contributed by atoms with E-state index < -0.39 is 5.66 Å². The van der Waals surface area contributed by atoms with Gasteiger partial charge in [0.2, 0.25) is 11.6 Å². The number of rotatable bonds is 2. The normalized spacial score (nSPS) is 20.2. The van der Waals surface area contributed by atoms with E-state index in [2.05, 4.69) is 31.4 Å². The van der Waals surface area contributed by atoms with E-state index in [0.717, 1.165) is 5.56 Å². The topological polar surface area (TPSA) is 81.8 Å². The van der Waals surface area contributed by atoms with Crippen molar-refractivity contribution in [1.82, 2.24) is 10.2 Å². The lowest BCUT2D eigenvalue weighted by Gasteiger charge is -2.50. The smallest absolute Gasteiger partial charge is 0.276 e. The minimum atomic E-state index is -1.45. The highest BCUT2D eigenvalue weighted by molar-refractivity contribution is 6.15. The fourth-order valence-corrected chi connectivity index (χ4v) is 4.34. The number of nitrogens with zero attached hydrogens (tertiary/aromatic N) is 2. The summed E-state index contributed by atoms with van der Waals surface area (Å²) < 4.78 is 0. The number of benzene rings is 2. The van der Waals surface area contributed by atoms with Crippen LogP contribution in [0.2, 0.25) is 0 Å². The second kappa shape index (κ2) is 6.58. The molecule has 0 radical (unpaired) electrons. The van der Waals surface area contributed by atoms with E-state index in [4.69, 9.17) is 0 Å². The van der Waals surface area contributed by atoms with Gasteiger partial charge in [-0.25, -0.2) is 0 Å². The molecule has 0 unspecified atom stereocenters. The minimum Gasteiger partial charge on any atom is -0.358 e. The molecule has 30 heavy (non-hydrogen) atoms. The van der Waals surface area contributed by atoms with Gasteiger partial charge in [-0.1, -0.05) is 39.0 Å². The summed E-state index contributed by atoms with van der Waals surface area (Å²) in [7, 11) is 3.17. The number of nitrogens with one attached hydrogen (secondary N) is 2. The molecule has 7 nitrogen and oxygen atoms in total. The molecule has 0 saturated heterocycles. The van der Waals surface area contributed by atoms with Crippen LogP contribution in [0.15, 0.2) is 42.5 Å². The van der Waals surface area contributed by atoms with Gasteiger partial charge in [-0.05, 0) is 35.2 Å². The molecule has 2 aliphatic heterocycles. The van der Waals surface area contributed by atoms with Gasteiger partial charge in [-0.15, -0.1) is 0 Å². The Bertz CT molecular complexity index is 1070. The standard InChI is InChI=1S/C23H26N4O3/c1-22(2,3)14-10-11-17-16(12-14)23(21(30)25-17)26(5)20(29)15-8-6-7-9-18(15)27(23)13-19(28)24-4/h6-12H,13H2,1-5H3,(H,24,28)(H,25,30)/t23-/m1/s1. The first-order chi connectivity index (χ1) is 14.1. The number of para-hydroxylation sites is 1. The highest BCUT2D eigenvalue weighted by atomic mass is 16.2. The van der Waals surface area contributed by atoms with E-state index in [9.17, 15) is 14.4 Å². The number of fused-ring (bicyclic) bond motifs is 3. The zero-order chi connectivity index (χ0) is 21.8. The number of carbonyl (C=O) groups is 3. The molecule has 0 aliphatic carbocycles. The summed E-state index contributed by atoms with van der Waals surface area (Å²) in [5, 5.41) is 5.57. The summed E-state index contributed by atoms with van der Waals surface area (Å²) in [5.74, 6) is -0.860. The number of hydrogen-bond acceptors (Lipinski definition) is 4. The minimum absolute atomic E-state index is 0.0717. The van der Waals surface area contributed by atoms with Crippen molar-refractivity contribution in [3.63, 3.8) is 0 Å². The third-order valence-electron chi connectivity index (χ3n) is 6.01. The van der Waals surface area contributed by atoms with E-state index in [1.165, 1.54) is 4.90 Å². The maximum absolute atomic E-state index is 13.5. The maximum Gasteiger partial charge on any atom is 0.276 e. The van der Waals surface area contributed by atoms with Gasteiger partial charge in [0.1, 0.15) is 0 Å². The van der Waals surface area contributed by atoms with Gasteiger partial charge in [0.05, 0.1) is 17.8 Å². The Balaban J connectivity index is 2.03. The first-order valence-corrected chi connectivity index (χ1v) is 9.94. The molecule has 2 aliphatic rings. The summed E-state index contributed by atoms with van der Waals surface area (Å²) in [6, 6.07) is 12.9. The van der Waals surface area contributed by atoms with Crippen LogP contribution in [0.25, 0.3) is 0 Å². The lowest BCUT2D eigenvalue weighted by molar-refractivity contribution is -0.127. The van der Waals surface area contributed by atoms with Gasteiger partial charge in [-0.3, -0.25) is 14.4 Å². The zero-order valence-electron chi connectivity index (χ0n) is 17.9. The van der Waals surface area contributed by atoms with Gasteiger partial charge in [0, 0.05) is 25.3 Å². The lowest BCUT2D eigenvalue weighted by Crippen LogP contribution is -2.66. The van der Waals surface area contributed by atoms with Crippen molar-refractivity contribution < 1.29 is 14.4 Å². The van der Waals surface area contributed by atoms with Crippen LogP contribution in [0, 0.1) is 0 Å². The molecule has 2 aromatic rings. The van der Waals surface area contributed by atoms with Crippen molar-refractivity contribution in [3.05, 3.63) is 59.2 Å². The summed E-state index contributed by atoms with van der Waals surface area (Å²) in [6.07, 6.45) is 0. The number of amides is 3. The second-order valence-electron chi connectivity index (χ2n) is 8.78. The fraction of sp³-hybridized carbons (Fsp3) is 0.348. The molecule has 7 heteroatoms. The predicted molar refractivity (Wildman–Crippen MR) is 115 cm³/mol. The molecule has 3 amide bonds. The predicted octanol–water partition coefficient (Wildman–Crippen LogP) is 2.43. The highest BCUT2D eigenvalue weighted by Gasteiger charge is 2.59. The van der Waals surface area contributed by atoms with Crippen LogP contribution >= 0.6 is 0 Å². The average molecular weight is 406 g/mol. The van der Waals surface area contributed by atoms with E-state index in [1.807, 2.05) is 18.2 Å². The second-order valence-corrected chi connectivity index (χ2v) is 8.78. The van der Waals surface area contributed by atoms with Crippen LogP contribution in [0.1, 0.15) is 42.3 Å². The van der Waals surface area contributed by atoms with E-state index in [1.54, 1.807) is 43.3 Å². The van der Waals surface area contributed by atoms with E-state index >= 15 is 0 Å². The Hall–Kier alpha value is -3.35. The maximum atomic E-state index is 13.5. The van der Waals surface area contributed by atoms with Crippen LogP contribution in [0.4, 0.5) is 11.4 Å². The van der Waals surface area contributed by atoms with Crippen LogP contribution in [0.3, 0.4) is 0 Å². The molecule has 2 aromatic carbocycles. The Kier molecular flexibility index (Phi) is 4.38. The molecule has 0 saturated carbocycles. The molecule has 156 valence electrons. The molecule has 0 bridgehead atoms. The summed E-state index contributed by atoms with van der Waals surface area (Å²) >= 11 is 0. The third kappa shape index (κ3) is 2.61. The molecular formula is C23H26N4O3. The summed E-state index contributed by atoms with van der Waals surface area (Å²) in [5.41, 5.74) is 1.79. The number of carbonyl (C=O) groups excluding carboxylic acids is 3. The van der Waals surface area contributed by atoms with Crippen molar-refractivity contribution in [2.75, 3.05) is 30.9 Å². The van der Waals surface area contributed by atoms with Crippen molar-refractivity contribution in [3.8, 4) is 0 Å². The van der Waals surface area contributed by atoms with E-state index in [0.29, 0.717) is 22.5 Å². The highest BCUT2D eigenvalue weighted by Crippen LogP contribution is 2.49. The Morgan fingerprint density at radius 1 is 1.13 bits per heavy atom. The van der Waals surface area contributed by atoms with Crippen LogP contribution < -0.4 is 15.5 Å². The van der Waals surface area contributed by atoms with Crippen molar-refractivity contribution in [1.29, 1.82) is 0 Å². The third-order valence-corrected chi connectivity index (χ3v) is 6.01. The van der Waals surface area contributed by atoms with Gasteiger partial charge in [0.25, 0.3) is 11.8 Å². The van der Waals surface area contributed by atoms with Crippen LogP contribution in [-0.4, -0.2) is 43.3 Å². The average Bonchev–Trinajstić information content (AvgIpc) is 3.00. The zero-order valence-corrected chi connectivity index (χ0v) is 17.9. The molecule has 0 fully saturated rings. The van der Waals surface area contributed by atoms with Crippen LogP contribution in [-0.2, 0) is 20.7 Å². The van der Waals surface area contributed by atoms with E-state index in [-0.39, 0.29) is 29.7 Å². The monoisotopic (exact) mass is 406 g/mol. The molecular weight excluding hydrogens is 380 g/mol. The molecule has 2 N–H and O–H groups in total. The Morgan fingerprint density at radius 3 is 2.50 bits per heavy atom. The number of likely N-dealkylation sites (N-methyl/N-ethyl adjacent to an activating group) is 2. The number of hydrogen-bond donors (Lipinski definition) is 2. The van der Waals surface area contributed by atoms with Crippen molar-refractivity contribution in [2.45, 2.75) is 31.8 Å². The quantitative estimate of drug-likeness (QED) is 0.803.